The number of nitrogens with zero attached hydrogens (tertiary/aromatic N) is 3. The van der Waals surface area contributed by atoms with Crippen molar-refractivity contribution in [1.82, 2.24) is 10.2 Å². The zero-order chi connectivity index (χ0) is 16.7. The smallest absolute Gasteiger partial charge is 0.311 e. The fourth-order valence-electron chi connectivity index (χ4n) is 3.98. The van der Waals surface area contributed by atoms with E-state index in [1.165, 1.54) is 11.3 Å². The van der Waals surface area contributed by atoms with Gasteiger partial charge in [0.15, 0.2) is 0 Å². The normalized spacial score (nSPS) is 25.7. The minimum atomic E-state index is -0.660. The van der Waals surface area contributed by atoms with Crippen LogP contribution >= 0.6 is 11.3 Å². The van der Waals surface area contributed by atoms with Crippen LogP contribution in [-0.4, -0.2) is 41.5 Å². The van der Waals surface area contributed by atoms with Crippen molar-refractivity contribution in [2.24, 2.45) is 11.3 Å². The van der Waals surface area contributed by atoms with E-state index in [1.807, 2.05) is 24.3 Å². The van der Waals surface area contributed by atoms with Crippen LogP contribution in [0.15, 0.2) is 24.3 Å². The van der Waals surface area contributed by atoms with E-state index in [0.717, 1.165) is 47.3 Å². The summed E-state index contributed by atoms with van der Waals surface area (Å²) in [5, 5.41) is 19.9. The Morgan fingerprint density at radius 1 is 1.38 bits per heavy atom. The number of carboxylic acid groups (broad SMARTS) is 1. The Labute approximate surface area is 144 Å². The molecule has 1 aliphatic heterocycles. The number of aliphatic carboxylic acids is 1. The van der Waals surface area contributed by atoms with Crippen molar-refractivity contribution in [2.75, 3.05) is 25.1 Å². The summed E-state index contributed by atoms with van der Waals surface area (Å²) in [5.41, 5.74) is 0.401. The Balaban J connectivity index is 1.56. The molecule has 2 aliphatic rings. The average molecular weight is 345 g/mol. The highest BCUT2D eigenvalue weighted by atomic mass is 32.1. The molecule has 1 aliphatic carbocycles. The molecule has 7 heteroatoms. The van der Waals surface area contributed by atoms with Crippen molar-refractivity contribution in [3.8, 4) is 16.3 Å². The summed E-state index contributed by atoms with van der Waals surface area (Å²) >= 11 is 1.52. The monoisotopic (exact) mass is 345 g/mol. The molecule has 0 amide bonds. The van der Waals surface area contributed by atoms with Gasteiger partial charge < -0.3 is 14.7 Å². The highest BCUT2D eigenvalue weighted by Gasteiger charge is 2.55. The van der Waals surface area contributed by atoms with Gasteiger partial charge in [0, 0.05) is 18.7 Å². The number of anilines is 1. The van der Waals surface area contributed by atoms with Crippen molar-refractivity contribution in [2.45, 2.75) is 19.3 Å². The van der Waals surface area contributed by atoms with Crippen LogP contribution in [0.4, 0.5) is 5.13 Å². The van der Waals surface area contributed by atoms with Gasteiger partial charge in [0.25, 0.3) is 0 Å². The SMILES string of the molecule is COc1ccc(-c2nnc(N3C[C@@H]4CCC[C@@]4(C(=O)O)C3)s2)cc1. The number of hydrogen-bond donors (Lipinski definition) is 1. The molecular weight excluding hydrogens is 326 g/mol. The number of ether oxygens (including phenoxy) is 1. The zero-order valence-electron chi connectivity index (χ0n) is 13.4. The number of rotatable bonds is 4. The molecule has 4 rings (SSSR count). The predicted octanol–water partition coefficient (Wildman–Crippen LogP) is 2.90. The van der Waals surface area contributed by atoms with Gasteiger partial charge in [-0.05, 0) is 43.0 Å². The van der Waals surface area contributed by atoms with Crippen LogP contribution in [0.5, 0.6) is 5.75 Å². The molecule has 0 unspecified atom stereocenters. The third-order valence-electron chi connectivity index (χ3n) is 5.32. The van der Waals surface area contributed by atoms with E-state index in [1.54, 1.807) is 7.11 Å². The lowest BCUT2D eigenvalue weighted by Gasteiger charge is -2.22. The minimum Gasteiger partial charge on any atom is -0.497 e. The van der Waals surface area contributed by atoms with Crippen LogP contribution < -0.4 is 9.64 Å². The second-order valence-electron chi connectivity index (χ2n) is 6.55. The Hall–Kier alpha value is -2.15. The van der Waals surface area contributed by atoms with E-state index in [0.29, 0.717) is 6.54 Å². The molecule has 2 atom stereocenters. The molecule has 1 saturated carbocycles. The summed E-state index contributed by atoms with van der Waals surface area (Å²) in [6, 6.07) is 7.72. The van der Waals surface area contributed by atoms with Gasteiger partial charge >= 0.3 is 5.97 Å². The average Bonchev–Trinajstić information content (AvgIpc) is 3.28. The number of fused-ring (bicyclic) bond motifs is 1. The van der Waals surface area contributed by atoms with E-state index in [-0.39, 0.29) is 5.92 Å². The first kappa shape index (κ1) is 15.4. The zero-order valence-corrected chi connectivity index (χ0v) is 14.3. The van der Waals surface area contributed by atoms with Crippen LogP contribution in [0.3, 0.4) is 0 Å². The number of carbonyl (C=O) groups is 1. The third kappa shape index (κ3) is 2.34. The molecule has 126 valence electrons. The third-order valence-corrected chi connectivity index (χ3v) is 6.35. The maximum atomic E-state index is 11.8. The number of methoxy groups -OCH3 is 1. The van der Waals surface area contributed by atoms with Gasteiger partial charge in [-0.15, -0.1) is 10.2 Å². The maximum Gasteiger partial charge on any atom is 0.311 e. The van der Waals surface area contributed by atoms with Crippen molar-refractivity contribution in [1.29, 1.82) is 0 Å². The molecule has 6 nitrogen and oxygen atoms in total. The summed E-state index contributed by atoms with van der Waals surface area (Å²) in [6.07, 6.45) is 2.78. The Morgan fingerprint density at radius 3 is 2.83 bits per heavy atom. The summed E-state index contributed by atoms with van der Waals surface area (Å²) in [6.45, 7) is 1.31. The molecule has 0 bridgehead atoms. The van der Waals surface area contributed by atoms with Gasteiger partial charge in [-0.2, -0.15) is 0 Å². The van der Waals surface area contributed by atoms with E-state index in [2.05, 4.69) is 15.1 Å². The van der Waals surface area contributed by atoms with Crippen LogP contribution in [0.1, 0.15) is 19.3 Å². The Bertz CT molecular complexity index is 761. The van der Waals surface area contributed by atoms with E-state index < -0.39 is 11.4 Å². The van der Waals surface area contributed by atoms with Crippen LogP contribution in [-0.2, 0) is 4.79 Å². The molecule has 1 aromatic carbocycles. The molecule has 0 radical (unpaired) electrons. The molecule has 1 N–H and O–H groups in total. The first-order valence-electron chi connectivity index (χ1n) is 8.09. The summed E-state index contributed by atoms with van der Waals surface area (Å²) in [5.74, 6) is 0.370. The topological polar surface area (TPSA) is 75.6 Å². The highest BCUT2D eigenvalue weighted by Crippen LogP contribution is 2.50. The van der Waals surface area contributed by atoms with E-state index in [4.69, 9.17) is 4.74 Å². The quantitative estimate of drug-likeness (QED) is 0.918. The molecular formula is C17H19N3O3S. The molecule has 0 spiro atoms. The first-order chi connectivity index (χ1) is 11.6. The number of benzene rings is 1. The highest BCUT2D eigenvalue weighted by molar-refractivity contribution is 7.18. The molecule has 1 aromatic heterocycles. The lowest BCUT2D eigenvalue weighted by molar-refractivity contribution is -0.149. The van der Waals surface area contributed by atoms with Gasteiger partial charge in [-0.1, -0.05) is 17.8 Å². The molecule has 24 heavy (non-hydrogen) atoms. The second kappa shape index (κ2) is 5.73. The summed E-state index contributed by atoms with van der Waals surface area (Å²) in [4.78, 5) is 13.9. The van der Waals surface area contributed by atoms with Crippen LogP contribution in [0.2, 0.25) is 0 Å². The Kier molecular flexibility index (Phi) is 3.68. The lowest BCUT2D eigenvalue weighted by Crippen LogP contribution is -2.35. The van der Waals surface area contributed by atoms with Crippen molar-refractivity contribution in [3.63, 3.8) is 0 Å². The lowest BCUT2D eigenvalue weighted by atomic mass is 9.81. The van der Waals surface area contributed by atoms with E-state index in [9.17, 15) is 9.90 Å². The Morgan fingerprint density at radius 2 is 2.17 bits per heavy atom. The van der Waals surface area contributed by atoms with Gasteiger partial charge in [-0.25, -0.2) is 0 Å². The van der Waals surface area contributed by atoms with Gasteiger partial charge in [0.2, 0.25) is 5.13 Å². The van der Waals surface area contributed by atoms with Crippen LogP contribution in [0.25, 0.3) is 10.6 Å². The van der Waals surface area contributed by atoms with Crippen molar-refractivity contribution in [3.05, 3.63) is 24.3 Å². The fraction of sp³-hybridized carbons (Fsp3) is 0.471. The predicted molar refractivity (Wildman–Crippen MR) is 91.5 cm³/mol. The summed E-state index contributed by atoms with van der Waals surface area (Å²) < 4.78 is 5.17. The molecule has 2 aromatic rings. The van der Waals surface area contributed by atoms with Gasteiger partial charge in [0.1, 0.15) is 10.8 Å². The largest absolute Gasteiger partial charge is 0.497 e. The van der Waals surface area contributed by atoms with E-state index >= 15 is 0 Å². The fourth-order valence-corrected chi connectivity index (χ4v) is 4.84. The summed E-state index contributed by atoms with van der Waals surface area (Å²) in [7, 11) is 1.64. The number of aromatic nitrogens is 2. The minimum absolute atomic E-state index is 0.225. The molecule has 2 heterocycles. The second-order valence-corrected chi connectivity index (χ2v) is 7.51. The molecule has 2 fully saturated rings. The molecule has 1 saturated heterocycles. The van der Waals surface area contributed by atoms with Gasteiger partial charge in [0.05, 0.1) is 12.5 Å². The number of carboxylic acids is 1. The first-order valence-corrected chi connectivity index (χ1v) is 8.90. The van der Waals surface area contributed by atoms with Crippen LogP contribution in [0, 0.1) is 11.3 Å². The standard InChI is InChI=1S/C17H19N3O3S/c1-23-13-6-4-11(5-7-13)14-18-19-16(24-14)20-9-12-3-2-8-17(12,10-20)15(21)22/h4-7,12H,2-3,8-10H2,1H3,(H,21,22)/t12-,17+/m0/s1. The van der Waals surface area contributed by atoms with Crippen molar-refractivity contribution >= 4 is 22.4 Å². The maximum absolute atomic E-state index is 11.8. The van der Waals surface area contributed by atoms with Gasteiger partial charge in [-0.3, -0.25) is 4.79 Å². The number of hydrogen-bond acceptors (Lipinski definition) is 6. The van der Waals surface area contributed by atoms with Crippen molar-refractivity contribution < 1.29 is 14.6 Å².